The molecule has 0 spiro atoms. The lowest BCUT2D eigenvalue weighted by Gasteiger charge is -2.17. The zero-order valence-electron chi connectivity index (χ0n) is 12.8. The second kappa shape index (κ2) is 8.53. The molecular weight excluding hydrogens is 296 g/mol. The van der Waals surface area contributed by atoms with Crippen LogP contribution in [0, 0.1) is 5.92 Å². The summed E-state index contributed by atoms with van der Waals surface area (Å²) < 4.78 is 34.1. The van der Waals surface area contributed by atoms with Gasteiger partial charge in [-0.25, -0.2) is 0 Å². The lowest BCUT2D eigenvalue weighted by molar-refractivity contribution is -0.140. The summed E-state index contributed by atoms with van der Waals surface area (Å²) in [6, 6.07) is 3.89. The number of halogens is 2. The van der Waals surface area contributed by atoms with Crippen molar-refractivity contribution in [3.8, 4) is 11.5 Å². The first kappa shape index (κ1) is 18.2. The maximum atomic E-state index is 12.4. The zero-order valence-corrected chi connectivity index (χ0v) is 12.8. The minimum atomic E-state index is -2.95. The highest BCUT2D eigenvalue weighted by Gasteiger charge is 2.18. The number of benzene rings is 1. The van der Waals surface area contributed by atoms with Crippen LogP contribution < -0.4 is 14.8 Å². The second-order valence-corrected chi connectivity index (χ2v) is 5.26. The van der Waals surface area contributed by atoms with Crippen molar-refractivity contribution >= 4 is 5.97 Å². The number of nitrogens with one attached hydrogen (secondary N) is 1. The molecule has 0 amide bonds. The minimum absolute atomic E-state index is 0.0764. The number of carboxylic acid groups (broad SMARTS) is 1. The summed E-state index contributed by atoms with van der Waals surface area (Å²) in [5.74, 6) is -0.595. The summed E-state index contributed by atoms with van der Waals surface area (Å²) in [5.41, 5.74) is 0.631. The van der Waals surface area contributed by atoms with Crippen molar-refractivity contribution in [2.45, 2.75) is 39.5 Å². The van der Waals surface area contributed by atoms with Crippen LogP contribution in [0.1, 0.15) is 25.8 Å². The molecule has 1 aromatic rings. The van der Waals surface area contributed by atoms with Crippen LogP contribution in [0.5, 0.6) is 11.5 Å². The Kier molecular flexibility index (Phi) is 7.04. The predicted octanol–water partition coefficient (Wildman–Crippen LogP) is 2.89. The van der Waals surface area contributed by atoms with Gasteiger partial charge < -0.3 is 19.9 Å². The third kappa shape index (κ3) is 5.85. The number of carbonyl (C=O) groups is 1. The van der Waals surface area contributed by atoms with E-state index in [1.54, 1.807) is 6.07 Å². The Hall–Kier alpha value is -1.89. The van der Waals surface area contributed by atoms with Crippen LogP contribution in [-0.4, -0.2) is 30.8 Å². The molecule has 0 heterocycles. The molecule has 1 aromatic carbocycles. The zero-order chi connectivity index (χ0) is 16.7. The van der Waals surface area contributed by atoms with Crippen LogP contribution >= 0.6 is 0 Å². The summed E-state index contributed by atoms with van der Waals surface area (Å²) in [6.07, 6.45) is 0.478. The van der Waals surface area contributed by atoms with E-state index in [1.165, 1.54) is 19.2 Å². The fourth-order valence-electron chi connectivity index (χ4n) is 2.00. The Morgan fingerprint density at radius 1 is 1.32 bits per heavy atom. The molecule has 0 saturated heterocycles. The van der Waals surface area contributed by atoms with E-state index in [4.69, 9.17) is 9.84 Å². The van der Waals surface area contributed by atoms with Crippen molar-refractivity contribution in [2.24, 2.45) is 5.92 Å². The summed E-state index contributed by atoms with van der Waals surface area (Å²) in [5, 5.41) is 12.1. The highest BCUT2D eigenvalue weighted by atomic mass is 19.3. The third-order valence-electron chi connectivity index (χ3n) is 3.00. The van der Waals surface area contributed by atoms with Crippen molar-refractivity contribution in [2.75, 3.05) is 7.11 Å². The molecule has 0 saturated carbocycles. The normalized spacial score (nSPS) is 12.5. The van der Waals surface area contributed by atoms with E-state index in [2.05, 4.69) is 10.1 Å². The van der Waals surface area contributed by atoms with E-state index >= 15 is 0 Å². The molecule has 124 valence electrons. The molecule has 2 N–H and O–H groups in total. The molecule has 0 radical (unpaired) electrons. The van der Waals surface area contributed by atoms with Crippen molar-refractivity contribution in [3.63, 3.8) is 0 Å². The van der Waals surface area contributed by atoms with Gasteiger partial charge in [-0.3, -0.25) is 4.79 Å². The summed E-state index contributed by atoms with van der Waals surface area (Å²) in [4.78, 5) is 11.2. The number of hydrogen-bond acceptors (Lipinski definition) is 4. The first-order valence-corrected chi connectivity index (χ1v) is 6.91. The number of methoxy groups -OCH3 is 1. The van der Waals surface area contributed by atoms with Gasteiger partial charge in [-0.1, -0.05) is 19.9 Å². The van der Waals surface area contributed by atoms with E-state index in [1.807, 2.05) is 13.8 Å². The minimum Gasteiger partial charge on any atom is -0.493 e. The molecule has 0 aliphatic carbocycles. The molecule has 5 nitrogen and oxygen atoms in total. The topological polar surface area (TPSA) is 67.8 Å². The first-order chi connectivity index (χ1) is 10.3. The van der Waals surface area contributed by atoms with Crippen LogP contribution in [0.3, 0.4) is 0 Å². The molecule has 7 heteroatoms. The van der Waals surface area contributed by atoms with Crippen LogP contribution in [-0.2, 0) is 11.3 Å². The average Bonchev–Trinajstić information content (AvgIpc) is 2.42. The van der Waals surface area contributed by atoms with Gasteiger partial charge in [0.25, 0.3) is 0 Å². The van der Waals surface area contributed by atoms with Crippen molar-refractivity contribution in [3.05, 3.63) is 23.8 Å². The molecular formula is C15H21F2NO4. The van der Waals surface area contributed by atoms with E-state index < -0.39 is 18.6 Å². The van der Waals surface area contributed by atoms with E-state index in [9.17, 15) is 13.6 Å². The SMILES string of the molecule is COc1ccc(CN[C@@H](CC(C)C)C(=O)O)cc1OC(F)F. The highest BCUT2D eigenvalue weighted by Crippen LogP contribution is 2.29. The lowest BCUT2D eigenvalue weighted by Crippen LogP contribution is -2.37. The Bertz CT molecular complexity index is 494. The van der Waals surface area contributed by atoms with Gasteiger partial charge in [-0.15, -0.1) is 0 Å². The number of ether oxygens (including phenoxy) is 2. The lowest BCUT2D eigenvalue weighted by atomic mass is 10.0. The fraction of sp³-hybridized carbons (Fsp3) is 0.533. The Morgan fingerprint density at radius 2 is 2.00 bits per heavy atom. The Morgan fingerprint density at radius 3 is 2.50 bits per heavy atom. The molecule has 1 rings (SSSR count). The van der Waals surface area contributed by atoms with Crippen molar-refractivity contribution < 1.29 is 28.2 Å². The van der Waals surface area contributed by atoms with Gasteiger partial charge in [0.1, 0.15) is 6.04 Å². The number of hydrogen-bond donors (Lipinski definition) is 2. The molecule has 0 bridgehead atoms. The predicted molar refractivity (Wildman–Crippen MR) is 77.3 cm³/mol. The summed E-state index contributed by atoms with van der Waals surface area (Å²) in [7, 11) is 1.36. The number of aliphatic carboxylic acids is 1. The highest BCUT2D eigenvalue weighted by molar-refractivity contribution is 5.73. The van der Waals surface area contributed by atoms with Gasteiger partial charge >= 0.3 is 12.6 Å². The van der Waals surface area contributed by atoms with Crippen LogP contribution in [0.25, 0.3) is 0 Å². The second-order valence-electron chi connectivity index (χ2n) is 5.26. The molecule has 22 heavy (non-hydrogen) atoms. The third-order valence-corrected chi connectivity index (χ3v) is 3.00. The monoisotopic (exact) mass is 317 g/mol. The standard InChI is InChI=1S/C15H21F2NO4/c1-9(2)6-11(14(19)20)18-8-10-4-5-12(21-3)13(7-10)22-15(16)17/h4-5,7,9,11,15,18H,6,8H2,1-3H3,(H,19,20)/t11-/m0/s1. The number of carboxylic acids is 1. The van der Waals surface area contributed by atoms with Gasteiger partial charge in [0.15, 0.2) is 11.5 Å². The van der Waals surface area contributed by atoms with E-state index in [0.29, 0.717) is 12.0 Å². The van der Waals surface area contributed by atoms with Crippen molar-refractivity contribution in [1.29, 1.82) is 0 Å². The van der Waals surface area contributed by atoms with E-state index in [0.717, 1.165) is 0 Å². The average molecular weight is 317 g/mol. The quantitative estimate of drug-likeness (QED) is 0.733. The molecule has 0 fully saturated rings. The number of rotatable bonds is 9. The molecule has 0 aromatic heterocycles. The van der Waals surface area contributed by atoms with Crippen molar-refractivity contribution in [1.82, 2.24) is 5.32 Å². The molecule has 0 aliphatic rings. The summed E-state index contributed by atoms with van der Waals surface area (Å²) >= 11 is 0. The fourth-order valence-corrected chi connectivity index (χ4v) is 2.00. The maximum Gasteiger partial charge on any atom is 0.387 e. The molecule has 0 aliphatic heterocycles. The summed E-state index contributed by atoms with van der Waals surface area (Å²) in [6.45, 7) is 1.14. The maximum absolute atomic E-state index is 12.4. The van der Waals surface area contributed by atoms with Gasteiger partial charge in [0.05, 0.1) is 7.11 Å². The smallest absolute Gasteiger partial charge is 0.387 e. The Labute approximate surface area is 128 Å². The molecule has 0 unspecified atom stereocenters. The van der Waals surface area contributed by atoms with Gasteiger partial charge in [0, 0.05) is 6.54 Å². The van der Waals surface area contributed by atoms with Gasteiger partial charge in [-0.05, 0) is 30.0 Å². The van der Waals surface area contributed by atoms with E-state index in [-0.39, 0.29) is 24.0 Å². The van der Waals surface area contributed by atoms with Crippen LogP contribution in [0.2, 0.25) is 0 Å². The first-order valence-electron chi connectivity index (χ1n) is 6.91. The Balaban J connectivity index is 2.78. The van der Waals surface area contributed by atoms with Gasteiger partial charge in [0.2, 0.25) is 0 Å². The van der Waals surface area contributed by atoms with Gasteiger partial charge in [-0.2, -0.15) is 8.78 Å². The van der Waals surface area contributed by atoms with Crippen LogP contribution in [0.4, 0.5) is 8.78 Å². The van der Waals surface area contributed by atoms with Crippen LogP contribution in [0.15, 0.2) is 18.2 Å². The largest absolute Gasteiger partial charge is 0.493 e. The number of alkyl halides is 2. The molecule has 1 atom stereocenters.